The van der Waals surface area contributed by atoms with Gasteiger partial charge in [0.1, 0.15) is 18.0 Å². The van der Waals surface area contributed by atoms with Crippen LogP contribution < -0.4 is 20.3 Å². The second-order valence-electron chi connectivity index (χ2n) is 6.77. The largest absolute Gasteiger partial charge is 0.497 e. The number of nitrogens with one attached hydrogen (secondary N) is 1. The Labute approximate surface area is 189 Å². The molecular weight excluding hydrogens is 456 g/mol. The van der Waals surface area contributed by atoms with Gasteiger partial charge in [-0.25, -0.2) is 17.7 Å². The number of rotatable bonds is 8. The van der Waals surface area contributed by atoms with Gasteiger partial charge in [-0.2, -0.15) is 0 Å². The van der Waals surface area contributed by atoms with Crippen molar-refractivity contribution in [1.82, 2.24) is 13.9 Å². The quantitative estimate of drug-likeness (QED) is 0.525. The SMILES string of the molecule is COc1ccc(OC)c(-c2csc(NC(=O)Cn3cc(S(=O)(=O)N(C)C)ccc3=O)n2)c1. The molecular formula is C20H22N4O6S2. The molecule has 0 atom stereocenters. The Bertz CT molecular complexity index is 1300. The molecule has 3 aromatic rings. The molecule has 0 fully saturated rings. The lowest BCUT2D eigenvalue weighted by molar-refractivity contribution is -0.116. The summed E-state index contributed by atoms with van der Waals surface area (Å²) in [5.74, 6) is 0.704. The first-order valence-electron chi connectivity index (χ1n) is 9.26. The van der Waals surface area contributed by atoms with Crippen molar-refractivity contribution in [1.29, 1.82) is 0 Å². The number of pyridine rings is 1. The van der Waals surface area contributed by atoms with Gasteiger partial charge in [-0.3, -0.25) is 9.59 Å². The molecule has 0 spiro atoms. The number of methoxy groups -OCH3 is 2. The number of carbonyl (C=O) groups excluding carboxylic acids is 1. The third-order valence-corrected chi connectivity index (χ3v) is 7.04. The maximum Gasteiger partial charge on any atom is 0.251 e. The van der Waals surface area contributed by atoms with Gasteiger partial charge in [0, 0.05) is 37.3 Å². The van der Waals surface area contributed by atoms with E-state index in [9.17, 15) is 18.0 Å². The van der Waals surface area contributed by atoms with Crippen LogP contribution in [0.1, 0.15) is 0 Å². The third-order valence-electron chi connectivity index (χ3n) is 4.48. The van der Waals surface area contributed by atoms with Crippen LogP contribution in [0.15, 0.2) is 51.6 Å². The van der Waals surface area contributed by atoms with Crippen LogP contribution in [0.25, 0.3) is 11.3 Å². The molecule has 0 aliphatic rings. The summed E-state index contributed by atoms with van der Waals surface area (Å²) in [6, 6.07) is 7.61. The average molecular weight is 479 g/mol. The smallest absolute Gasteiger partial charge is 0.251 e. The van der Waals surface area contributed by atoms with Crippen LogP contribution in [0.3, 0.4) is 0 Å². The van der Waals surface area contributed by atoms with E-state index in [1.54, 1.807) is 37.8 Å². The Balaban J connectivity index is 1.79. The molecule has 0 radical (unpaired) electrons. The van der Waals surface area contributed by atoms with Gasteiger partial charge in [-0.1, -0.05) is 0 Å². The molecule has 1 amide bonds. The van der Waals surface area contributed by atoms with Gasteiger partial charge < -0.3 is 19.4 Å². The predicted molar refractivity (Wildman–Crippen MR) is 121 cm³/mol. The van der Waals surface area contributed by atoms with Gasteiger partial charge in [0.25, 0.3) is 5.56 Å². The summed E-state index contributed by atoms with van der Waals surface area (Å²) in [5.41, 5.74) is 0.775. The van der Waals surface area contributed by atoms with E-state index in [0.29, 0.717) is 27.9 Å². The minimum absolute atomic E-state index is 0.0865. The average Bonchev–Trinajstić information content (AvgIpc) is 3.22. The fraction of sp³-hybridized carbons (Fsp3) is 0.250. The zero-order valence-electron chi connectivity index (χ0n) is 17.9. The van der Waals surface area contributed by atoms with Gasteiger partial charge in [-0.05, 0) is 24.3 Å². The van der Waals surface area contributed by atoms with Crippen molar-refractivity contribution in [2.45, 2.75) is 11.4 Å². The number of benzene rings is 1. The maximum absolute atomic E-state index is 12.5. The molecule has 170 valence electrons. The molecule has 10 nitrogen and oxygen atoms in total. The first-order valence-corrected chi connectivity index (χ1v) is 11.6. The molecule has 0 unspecified atom stereocenters. The number of carbonyl (C=O) groups is 1. The molecule has 1 N–H and O–H groups in total. The van der Waals surface area contributed by atoms with Crippen LogP contribution in [0.2, 0.25) is 0 Å². The Morgan fingerprint density at radius 2 is 1.94 bits per heavy atom. The Kier molecular flexibility index (Phi) is 6.96. The van der Waals surface area contributed by atoms with Gasteiger partial charge >= 0.3 is 0 Å². The van der Waals surface area contributed by atoms with Gasteiger partial charge in [0.05, 0.1) is 24.8 Å². The van der Waals surface area contributed by atoms with E-state index in [1.165, 1.54) is 31.5 Å². The number of hydrogen-bond acceptors (Lipinski definition) is 8. The number of aromatic nitrogens is 2. The van der Waals surface area contributed by atoms with E-state index < -0.39 is 21.5 Å². The van der Waals surface area contributed by atoms with Crippen LogP contribution >= 0.6 is 11.3 Å². The fourth-order valence-corrected chi connectivity index (χ4v) is 4.43. The summed E-state index contributed by atoms with van der Waals surface area (Å²) in [6.07, 6.45) is 1.14. The summed E-state index contributed by atoms with van der Waals surface area (Å²) in [7, 11) is 2.13. The van der Waals surface area contributed by atoms with E-state index in [1.807, 2.05) is 0 Å². The van der Waals surface area contributed by atoms with Crippen molar-refractivity contribution in [3.05, 3.63) is 52.3 Å². The number of hydrogen-bond donors (Lipinski definition) is 1. The lowest BCUT2D eigenvalue weighted by Gasteiger charge is -2.13. The lowest BCUT2D eigenvalue weighted by Crippen LogP contribution is -2.29. The van der Waals surface area contributed by atoms with Crippen LogP contribution in [0.5, 0.6) is 11.5 Å². The highest BCUT2D eigenvalue weighted by atomic mass is 32.2. The summed E-state index contributed by atoms with van der Waals surface area (Å²) in [6.45, 7) is -0.368. The topological polar surface area (TPSA) is 120 Å². The van der Waals surface area contributed by atoms with Crippen LogP contribution in [-0.2, 0) is 21.4 Å². The summed E-state index contributed by atoms with van der Waals surface area (Å²) < 4.78 is 37.3. The lowest BCUT2D eigenvalue weighted by atomic mass is 10.1. The Morgan fingerprint density at radius 1 is 1.19 bits per heavy atom. The molecule has 0 aliphatic heterocycles. The molecule has 0 aliphatic carbocycles. The normalized spacial score (nSPS) is 11.4. The van der Waals surface area contributed by atoms with Crippen LogP contribution in [0, 0.1) is 0 Å². The number of amides is 1. The molecule has 1 aromatic carbocycles. The minimum Gasteiger partial charge on any atom is -0.497 e. The highest BCUT2D eigenvalue weighted by Crippen LogP contribution is 2.35. The van der Waals surface area contributed by atoms with E-state index in [2.05, 4.69) is 10.3 Å². The summed E-state index contributed by atoms with van der Waals surface area (Å²) in [5, 5.41) is 4.70. The van der Waals surface area contributed by atoms with Gasteiger partial charge in [-0.15, -0.1) is 11.3 Å². The van der Waals surface area contributed by atoms with Crippen molar-refractivity contribution >= 4 is 32.4 Å². The molecule has 32 heavy (non-hydrogen) atoms. The standard InChI is InChI=1S/C20H22N4O6S2/c1-23(2)32(27,28)14-6-8-19(26)24(10-14)11-18(25)22-20-21-16(12-31-20)15-9-13(29-3)5-7-17(15)30-4/h5-10,12H,11H2,1-4H3,(H,21,22,25). The van der Waals surface area contributed by atoms with Crippen LogP contribution in [-0.4, -0.2) is 56.5 Å². The van der Waals surface area contributed by atoms with E-state index >= 15 is 0 Å². The first-order chi connectivity index (χ1) is 15.1. The highest BCUT2D eigenvalue weighted by Gasteiger charge is 2.19. The van der Waals surface area contributed by atoms with E-state index in [4.69, 9.17) is 9.47 Å². The number of sulfonamides is 1. The minimum atomic E-state index is -3.74. The van der Waals surface area contributed by atoms with Gasteiger partial charge in [0.2, 0.25) is 15.9 Å². The molecule has 12 heteroatoms. The third kappa shape index (κ3) is 4.98. The van der Waals surface area contributed by atoms with Crippen molar-refractivity contribution < 1.29 is 22.7 Å². The number of nitrogens with zero attached hydrogens (tertiary/aromatic N) is 3. The maximum atomic E-state index is 12.5. The first kappa shape index (κ1) is 23.4. The zero-order chi connectivity index (χ0) is 23.5. The van der Waals surface area contributed by atoms with Crippen LogP contribution in [0.4, 0.5) is 5.13 Å². The number of ether oxygens (including phenoxy) is 2. The number of thiazole rings is 1. The monoisotopic (exact) mass is 478 g/mol. The molecule has 0 saturated carbocycles. The molecule has 2 aromatic heterocycles. The number of anilines is 1. The van der Waals surface area contributed by atoms with Crippen molar-refractivity contribution in [2.24, 2.45) is 0 Å². The molecule has 0 saturated heterocycles. The Morgan fingerprint density at radius 3 is 2.59 bits per heavy atom. The Hall–Kier alpha value is -3.22. The highest BCUT2D eigenvalue weighted by molar-refractivity contribution is 7.89. The molecule has 3 rings (SSSR count). The fourth-order valence-electron chi connectivity index (χ4n) is 2.78. The van der Waals surface area contributed by atoms with Gasteiger partial charge in [0.15, 0.2) is 5.13 Å². The zero-order valence-corrected chi connectivity index (χ0v) is 19.5. The van der Waals surface area contributed by atoms with Crippen molar-refractivity contribution in [2.75, 3.05) is 33.6 Å². The second kappa shape index (κ2) is 9.51. The second-order valence-corrected chi connectivity index (χ2v) is 9.78. The molecule has 0 bridgehead atoms. The van der Waals surface area contributed by atoms with E-state index in [0.717, 1.165) is 21.1 Å². The van der Waals surface area contributed by atoms with Crippen molar-refractivity contribution in [3.63, 3.8) is 0 Å². The molecule has 2 heterocycles. The van der Waals surface area contributed by atoms with Crippen molar-refractivity contribution in [3.8, 4) is 22.8 Å². The van der Waals surface area contributed by atoms with E-state index in [-0.39, 0.29) is 11.4 Å². The summed E-state index contributed by atoms with van der Waals surface area (Å²) in [4.78, 5) is 28.9. The predicted octanol–water partition coefficient (Wildman–Crippen LogP) is 1.88. The summed E-state index contributed by atoms with van der Waals surface area (Å²) >= 11 is 1.20.